The van der Waals surface area contributed by atoms with Gasteiger partial charge in [0.05, 0.1) is 0 Å². The van der Waals surface area contributed by atoms with Crippen LogP contribution in [0.1, 0.15) is 12.8 Å². The Bertz CT molecular complexity index is 167. The van der Waals surface area contributed by atoms with Crippen molar-refractivity contribution in [2.24, 2.45) is 11.8 Å². The molecule has 3 heteroatoms. The lowest BCUT2D eigenvalue weighted by molar-refractivity contribution is -0.129. The molecule has 1 amide bonds. The van der Waals surface area contributed by atoms with Crippen molar-refractivity contribution in [3.05, 3.63) is 0 Å². The van der Waals surface area contributed by atoms with Gasteiger partial charge in [0.1, 0.15) is 0 Å². The van der Waals surface area contributed by atoms with Crippen molar-refractivity contribution in [3.8, 4) is 0 Å². The lowest BCUT2D eigenvalue weighted by Crippen LogP contribution is -2.49. The van der Waals surface area contributed by atoms with Crippen LogP contribution in [-0.4, -0.2) is 25.5 Å². The second-order valence-corrected chi connectivity index (χ2v) is 3.44. The van der Waals surface area contributed by atoms with Gasteiger partial charge in [-0.05, 0) is 31.8 Å². The summed E-state index contributed by atoms with van der Waals surface area (Å²) < 4.78 is 0. The highest BCUT2D eigenvalue weighted by Gasteiger charge is 2.33. The highest BCUT2D eigenvalue weighted by atomic mass is 16.1. The number of rotatable bonds is 0. The van der Waals surface area contributed by atoms with Crippen LogP contribution in [0.2, 0.25) is 0 Å². The number of carbonyl (C=O) groups excluding carboxylic acids is 1. The van der Waals surface area contributed by atoms with Crippen molar-refractivity contribution >= 4 is 5.91 Å². The van der Waals surface area contributed by atoms with Crippen LogP contribution in [0.15, 0.2) is 0 Å². The first-order valence-corrected chi connectivity index (χ1v) is 4.36. The van der Waals surface area contributed by atoms with Gasteiger partial charge in [-0.1, -0.05) is 0 Å². The van der Waals surface area contributed by atoms with E-state index in [1.807, 2.05) is 0 Å². The van der Waals surface area contributed by atoms with Gasteiger partial charge in [0.25, 0.3) is 0 Å². The molecule has 0 aromatic carbocycles. The maximum atomic E-state index is 11.3. The minimum Gasteiger partial charge on any atom is -0.356 e. The van der Waals surface area contributed by atoms with E-state index in [1.165, 1.54) is 0 Å². The second kappa shape index (κ2) is 2.81. The summed E-state index contributed by atoms with van der Waals surface area (Å²) >= 11 is 0. The molecule has 0 aromatic rings. The van der Waals surface area contributed by atoms with Crippen LogP contribution in [0, 0.1) is 11.8 Å². The largest absolute Gasteiger partial charge is 0.356 e. The first-order valence-electron chi connectivity index (χ1n) is 4.36. The standard InChI is InChI=1S/C8H14N2O/c11-8-7-2-3-9-5-6(7)1-4-10-8/h6-7,9H,1-5H2,(H,10,11)/t6-,7+/m1/s1. The van der Waals surface area contributed by atoms with Crippen molar-refractivity contribution < 1.29 is 4.79 Å². The third-order valence-electron chi connectivity index (χ3n) is 2.76. The lowest BCUT2D eigenvalue weighted by atomic mass is 9.81. The first kappa shape index (κ1) is 7.10. The normalized spacial score (nSPS) is 37.6. The number of amides is 1. The molecule has 2 aliphatic rings. The van der Waals surface area contributed by atoms with Gasteiger partial charge in [-0.2, -0.15) is 0 Å². The summed E-state index contributed by atoms with van der Waals surface area (Å²) in [4.78, 5) is 11.3. The quantitative estimate of drug-likeness (QED) is 0.504. The Labute approximate surface area is 66.5 Å². The Kier molecular flexibility index (Phi) is 1.82. The maximum absolute atomic E-state index is 11.3. The summed E-state index contributed by atoms with van der Waals surface area (Å²) in [5.41, 5.74) is 0. The Hall–Kier alpha value is -0.570. The van der Waals surface area contributed by atoms with E-state index in [1.54, 1.807) is 0 Å². The fourth-order valence-corrected chi connectivity index (χ4v) is 2.08. The zero-order chi connectivity index (χ0) is 7.68. The molecule has 0 bridgehead atoms. The molecule has 3 nitrogen and oxygen atoms in total. The van der Waals surface area contributed by atoms with E-state index >= 15 is 0 Å². The molecule has 0 unspecified atom stereocenters. The van der Waals surface area contributed by atoms with E-state index in [2.05, 4.69) is 10.6 Å². The van der Waals surface area contributed by atoms with Crippen LogP contribution in [0.3, 0.4) is 0 Å². The van der Waals surface area contributed by atoms with Crippen LogP contribution in [0.25, 0.3) is 0 Å². The Morgan fingerprint density at radius 3 is 3.00 bits per heavy atom. The summed E-state index contributed by atoms with van der Waals surface area (Å²) in [7, 11) is 0. The molecule has 2 N–H and O–H groups in total. The van der Waals surface area contributed by atoms with Crippen molar-refractivity contribution in [3.63, 3.8) is 0 Å². The van der Waals surface area contributed by atoms with Gasteiger partial charge in [-0.15, -0.1) is 0 Å². The van der Waals surface area contributed by atoms with Gasteiger partial charge < -0.3 is 10.6 Å². The maximum Gasteiger partial charge on any atom is 0.223 e. The Balaban J connectivity index is 2.05. The number of fused-ring (bicyclic) bond motifs is 1. The number of hydrogen-bond acceptors (Lipinski definition) is 2. The summed E-state index contributed by atoms with van der Waals surface area (Å²) in [6.45, 7) is 2.92. The predicted octanol–water partition coefficient (Wildman–Crippen LogP) is -0.268. The average molecular weight is 154 g/mol. The highest BCUT2D eigenvalue weighted by Crippen LogP contribution is 2.24. The fourth-order valence-electron chi connectivity index (χ4n) is 2.08. The van der Waals surface area contributed by atoms with Crippen LogP contribution in [0.4, 0.5) is 0 Å². The van der Waals surface area contributed by atoms with Gasteiger partial charge in [0.2, 0.25) is 5.91 Å². The van der Waals surface area contributed by atoms with E-state index in [0.717, 1.165) is 32.5 Å². The summed E-state index contributed by atoms with van der Waals surface area (Å²) in [6, 6.07) is 0. The summed E-state index contributed by atoms with van der Waals surface area (Å²) in [5, 5.41) is 6.24. The van der Waals surface area contributed by atoms with Gasteiger partial charge in [0, 0.05) is 12.5 Å². The second-order valence-electron chi connectivity index (χ2n) is 3.44. The monoisotopic (exact) mass is 154 g/mol. The molecular formula is C8H14N2O. The molecule has 2 rings (SSSR count). The molecule has 62 valence electrons. The lowest BCUT2D eigenvalue weighted by Gasteiger charge is -2.34. The predicted molar refractivity (Wildman–Crippen MR) is 42.1 cm³/mol. The fraction of sp³-hybridized carbons (Fsp3) is 0.875. The van der Waals surface area contributed by atoms with Crippen molar-refractivity contribution in [2.75, 3.05) is 19.6 Å². The molecule has 0 aliphatic carbocycles. The molecule has 2 heterocycles. The summed E-state index contributed by atoms with van der Waals surface area (Å²) in [5.74, 6) is 1.20. The molecule has 0 aromatic heterocycles. The van der Waals surface area contributed by atoms with E-state index in [9.17, 15) is 4.79 Å². The van der Waals surface area contributed by atoms with Crippen molar-refractivity contribution in [1.29, 1.82) is 0 Å². The van der Waals surface area contributed by atoms with Crippen molar-refractivity contribution in [1.82, 2.24) is 10.6 Å². The SMILES string of the molecule is O=C1NCC[C@@H]2CNCC[C@H]12. The first-order chi connectivity index (χ1) is 5.38. The zero-order valence-electron chi connectivity index (χ0n) is 6.60. The minimum atomic E-state index is 0.280. The van der Waals surface area contributed by atoms with Crippen LogP contribution >= 0.6 is 0 Å². The Morgan fingerprint density at radius 2 is 2.18 bits per heavy atom. The van der Waals surface area contributed by atoms with Gasteiger partial charge in [-0.25, -0.2) is 0 Å². The van der Waals surface area contributed by atoms with Gasteiger partial charge in [0.15, 0.2) is 0 Å². The smallest absolute Gasteiger partial charge is 0.223 e. The molecule has 11 heavy (non-hydrogen) atoms. The van der Waals surface area contributed by atoms with Crippen LogP contribution in [0.5, 0.6) is 0 Å². The van der Waals surface area contributed by atoms with E-state index in [4.69, 9.17) is 0 Å². The van der Waals surface area contributed by atoms with Gasteiger partial charge >= 0.3 is 0 Å². The number of piperidine rings is 2. The topological polar surface area (TPSA) is 41.1 Å². The van der Waals surface area contributed by atoms with E-state index < -0.39 is 0 Å². The van der Waals surface area contributed by atoms with Crippen LogP contribution in [-0.2, 0) is 4.79 Å². The number of hydrogen-bond donors (Lipinski definition) is 2. The minimum absolute atomic E-state index is 0.280. The molecule has 2 aliphatic heterocycles. The third-order valence-corrected chi connectivity index (χ3v) is 2.76. The van der Waals surface area contributed by atoms with Crippen LogP contribution < -0.4 is 10.6 Å². The van der Waals surface area contributed by atoms with Crippen molar-refractivity contribution in [2.45, 2.75) is 12.8 Å². The number of nitrogens with one attached hydrogen (secondary N) is 2. The molecule has 0 spiro atoms. The molecular weight excluding hydrogens is 140 g/mol. The molecule has 0 radical (unpaired) electrons. The molecule has 2 saturated heterocycles. The molecule has 0 saturated carbocycles. The van der Waals surface area contributed by atoms with Gasteiger partial charge in [-0.3, -0.25) is 4.79 Å². The highest BCUT2D eigenvalue weighted by molar-refractivity contribution is 5.79. The van der Waals surface area contributed by atoms with E-state index in [0.29, 0.717) is 11.8 Å². The number of carbonyl (C=O) groups is 1. The molecule has 2 atom stereocenters. The average Bonchev–Trinajstić information content (AvgIpc) is 2.06. The zero-order valence-corrected chi connectivity index (χ0v) is 6.60. The third kappa shape index (κ3) is 1.25. The Morgan fingerprint density at radius 1 is 1.27 bits per heavy atom. The summed E-state index contributed by atoms with van der Waals surface area (Å²) in [6.07, 6.45) is 2.18. The molecule has 2 fully saturated rings. The van der Waals surface area contributed by atoms with E-state index in [-0.39, 0.29) is 5.91 Å².